The van der Waals surface area contributed by atoms with E-state index in [0.29, 0.717) is 0 Å². The van der Waals surface area contributed by atoms with Crippen molar-refractivity contribution >= 4 is 12.1 Å². The minimum atomic E-state index is -0.245. The summed E-state index contributed by atoms with van der Waals surface area (Å²) < 4.78 is 0. The Bertz CT molecular complexity index is 430. The number of nitrogens with zero attached hydrogens (tertiary/aromatic N) is 1. The second-order valence-electron chi connectivity index (χ2n) is 4.09. The minimum absolute atomic E-state index is 0.0578. The van der Waals surface area contributed by atoms with Gasteiger partial charge < -0.3 is 0 Å². The van der Waals surface area contributed by atoms with Crippen molar-refractivity contribution in [1.82, 2.24) is 0 Å². The second-order valence-corrected chi connectivity index (χ2v) is 4.09. The van der Waals surface area contributed by atoms with Crippen LogP contribution < -0.4 is 0 Å². The second kappa shape index (κ2) is 2.53. The maximum Gasteiger partial charge on any atom is 0.256 e. The fraction of sp³-hybridized carbons (Fsp3) is 0.333. The Kier molecular flexibility index (Phi) is 1.43. The van der Waals surface area contributed by atoms with Gasteiger partial charge in [-0.3, -0.25) is 4.79 Å². The van der Waals surface area contributed by atoms with Crippen molar-refractivity contribution in [2.45, 2.75) is 24.7 Å². The SMILES string of the molecule is O=C1N=Cc2ccccc2C12CCC2. The molecule has 1 saturated carbocycles. The third kappa shape index (κ3) is 0.808. The number of carbonyl (C=O) groups is 1. The summed E-state index contributed by atoms with van der Waals surface area (Å²) in [7, 11) is 0. The molecule has 0 bridgehead atoms. The predicted molar refractivity (Wildman–Crippen MR) is 54.6 cm³/mol. The molecule has 0 radical (unpaired) electrons. The standard InChI is InChI=1S/C12H11NO/c14-11-12(6-3-7-12)10-5-2-1-4-9(10)8-13-11/h1-2,4-5,8H,3,6-7H2. The monoisotopic (exact) mass is 185 g/mol. The number of amides is 1. The average Bonchev–Trinajstić information content (AvgIpc) is 2.15. The molecule has 0 aromatic heterocycles. The highest BCUT2D eigenvalue weighted by Gasteiger charge is 2.47. The number of carbonyl (C=O) groups excluding carboxylic acids is 1. The molecule has 1 spiro atoms. The molecule has 2 nitrogen and oxygen atoms in total. The van der Waals surface area contributed by atoms with E-state index in [1.54, 1.807) is 6.21 Å². The topological polar surface area (TPSA) is 29.4 Å². The molecule has 1 aromatic rings. The quantitative estimate of drug-likeness (QED) is 0.608. The summed E-state index contributed by atoms with van der Waals surface area (Å²) >= 11 is 0. The van der Waals surface area contributed by atoms with E-state index in [2.05, 4.69) is 11.1 Å². The van der Waals surface area contributed by atoms with Gasteiger partial charge in [0.1, 0.15) is 0 Å². The van der Waals surface area contributed by atoms with Crippen LogP contribution in [-0.2, 0) is 10.2 Å². The van der Waals surface area contributed by atoms with Crippen molar-refractivity contribution in [1.29, 1.82) is 0 Å². The van der Waals surface area contributed by atoms with E-state index in [9.17, 15) is 4.79 Å². The van der Waals surface area contributed by atoms with E-state index >= 15 is 0 Å². The Morgan fingerprint density at radius 3 is 2.71 bits per heavy atom. The van der Waals surface area contributed by atoms with Gasteiger partial charge >= 0.3 is 0 Å². The predicted octanol–water partition coefficient (Wildman–Crippen LogP) is 2.07. The van der Waals surface area contributed by atoms with Gasteiger partial charge in [0.25, 0.3) is 5.91 Å². The number of fused-ring (bicyclic) bond motifs is 2. The highest BCUT2D eigenvalue weighted by molar-refractivity contribution is 6.04. The summed E-state index contributed by atoms with van der Waals surface area (Å²) in [5, 5.41) is 0. The van der Waals surface area contributed by atoms with Crippen LogP contribution in [0.2, 0.25) is 0 Å². The molecule has 0 atom stereocenters. The molecule has 1 aliphatic heterocycles. The third-order valence-corrected chi connectivity index (χ3v) is 3.41. The van der Waals surface area contributed by atoms with E-state index in [1.807, 2.05) is 18.2 Å². The molecule has 2 aliphatic rings. The zero-order valence-corrected chi connectivity index (χ0v) is 7.86. The molecule has 1 fully saturated rings. The molecule has 1 aromatic carbocycles. The molecular formula is C12H11NO. The average molecular weight is 185 g/mol. The smallest absolute Gasteiger partial charge is 0.256 e. The summed E-state index contributed by atoms with van der Waals surface area (Å²) in [6.07, 6.45) is 4.79. The first-order valence-corrected chi connectivity index (χ1v) is 5.01. The van der Waals surface area contributed by atoms with Crippen molar-refractivity contribution in [3.63, 3.8) is 0 Å². The van der Waals surface area contributed by atoms with E-state index in [4.69, 9.17) is 0 Å². The lowest BCUT2D eigenvalue weighted by Crippen LogP contribution is -2.44. The molecule has 1 aliphatic carbocycles. The van der Waals surface area contributed by atoms with Gasteiger partial charge in [-0.15, -0.1) is 0 Å². The summed E-state index contributed by atoms with van der Waals surface area (Å²) in [6, 6.07) is 8.10. The van der Waals surface area contributed by atoms with E-state index in [1.165, 1.54) is 5.56 Å². The van der Waals surface area contributed by atoms with Crippen LogP contribution in [0.5, 0.6) is 0 Å². The molecule has 70 valence electrons. The fourth-order valence-corrected chi connectivity index (χ4v) is 2.43. The summed E-state index contributed by atoms with van der Waals surface area (Å²) in [6.45, 7) is 0. The number of aliphatic imine (C=N–C) groups is 1. The summed E-state index contributed by atoms with van der Waals surface area (Å²) in [5.41, 5.74) is 2.06. The van der Waals surface area contributed by atoms with Crippen molar-refractivity contribution in [2.75, 3.05) is 0 Å². The maximum atomic E-state index is 11.8. The number of rotatable bonds is 0. The van der Waals surface area contributed by atoms with Gasteiger partial charge in [-0.25, -0.2) is 4.99 Å². The molecule has 2 heteroatoms. The minimum Gasteiger partial charge on any atom is -0.272 e. The number of hydrogen-bond acceptors (Lipinski definition) is 1. The fourth-order valence-electron chi connectivity index (χ4n) is 2.43. The van der Waals surface area contributed by atoms with Gasteiger partial charge in [0.15, 0.2) is 0 Å². The molecule has 1 heterocycles. The largest absolute Gasteiger partial charge is 0.272 e. The normalized spacial score (nSPS) is 21.9. The molecule has 0 saturated heterocycles. The first-order valence-electron chi connectivity index (χ1n) is 5.01. The zero-order chi connectivity index (χ0) is 9.60. The molecule has 14 heavy (non-hydrogen) atoms. The van der Waals surface area contributed by atoms with E-state index in [0.717, 1.165) is 24.8 Å². The molecule has 1 amide bonds. The molecule has 0 unspecified atom stereocenters. The van der Waals surface area contributed by atoms with Crippen LogP contribution in [-0.4, -0.2) is 12.1 Å². The van der Waals surface area contributed by atoms with E-state index < -0.39 is 0 Å². The van der Waals surface area contributed by atoms with Gasteiger partial charge in [-0.05, 0) is 24.0 Å². The first kappa shape index (κ1) is 7.92. The van der Waals surface area contributed by atoms with Crippen LogP contribution in [0.4, 0.5) is 0 Å². The Labute approximate surface area is 82.7 Å². The van der Waals surface area contributed by atoms with Crippen LogP contribution in [0.25, 0.3) is 0 Å². The van der Waals surface area contributed by atoms with Crippen molar-refractivity contribution in [3.05, 3.63) is 35.4 Å². The lowest BCUT2D eigenvalue weighted by atomic mass is 9.62. The zero-order valence-electron chi connectivity index (χ0n) is 7.86. The Hall–Kier alpha value is -1.44. The third-order valence-electron chi connectivity index (χ3n) is 3.41. The van der Waals surface area contributed by atoms with Crippen LogP contribution in [0, 0.1) is 0 Å². The maximum absolute atomic E-state index is 11.8. The van der Waals surface area contributed by atoms with Crippen LogP contribution >= 0.6 is 0 Å². The number of hydrogen-bond donors (Lipinski definition) is 0. The van der Waals surface area contributed by atoms with Gasteiger partial charge in [0.05, 0.1) is 5.41 Å². The van der Waals surface area contributed by atoms with Gasteiger partial charge in [-0.2, -0.15) is 0 Å². The highest BCUT2D eigenvalue weighted by atomic mass is 16.1. The van der Waals surface area contributed by atoms with Gasteiger partial charge in [0, 0.05) is 6.21 Å². The van der Waals surface area contributed by atoms with Crippen molar-refractivity contribution in [3.8, 4) is 0 Å². The summed E-state index contributed by atoms with van der Waals surface area (Å²) in [5.74, 6) is 0.0578. The van der Waals surface area contributed by atoms with Gasteiger partial charge in [-0.1, -0.05) is 30.7 Å². The Balaban J connectivity index is 2.23. The van der Waals surface area contributed by atoms with Crippen LogP contribution in [0.3, 0.4) is 0 Å². The molecule has 0 N–H and O–H groups in total. The van der Waals surface area contributed by atoms with Gasteiger partial charge in [0.2, 0.25) is 0 Å². The van der Waals surface area contributed by atoms with Crippen LogP contribution in [0.1, 0.15) is 30.4 Å². The first-order chi connectivity index (χ1) is 6.83. The lowest BCUT2D eigenvalue weighted by molar-refractivity contribution is -0.126. The van der Waals surface area contributed by atoms with Crippen molar-refractivity contribution < 1.29 is 4.79 Å². The molecular weight excluding hydrogens is 174 g/mol. The Morgan fingerprint density at radius 1 is 1.21 bits per heavy atom. The van der Waals surface area contributed by atoms with Crippen molar-refractivity contribution in [2.24, 2.45) is 4.99 Å². The van der Waals surface area contributed by atoms with E-state index in [-0.39, 0.29) is 11.3 Å². The number of benzene rings is 1. The lowest BCUT2D eigenvalue weighted by Gasteiger charge is -2.41. The highest BCUT2D eigenvalue weighted by Crippen LogP contribution is 2.47. The summed E-state index contributed by atoms with van der Waals surface area (Å²) in [4.78, 5) is 15.7. The molecule has 3 rings (SSSR count). The Morgan fingerprint density at radius 2 is 2.00 bits per heavy atom. The van der Waals surface area contributed by atoms with Crippen LogP contribution in [0.15, 0.2) is 29.3 Å².